The summed E-state index contributed by atoms with van der Waals surface area (Å²) in [6.45, 7) is 3.17. The predicted molar refractivity (Wildman–Crippen MR) is 96.9 cm³/mol. The highest BCUT2D eigenvalue weighted by molar-refractivity contribution is 7.89. The van der Waals surface area contributed by atoms with Crippen LogP contribution in [0, 0.1) is 0 Å². The van der Waals surface area contributed by atoms with Gasteiger partial charge in [0.1, 0.15) is 0 Å². The number of piperazine rings is 1. The van der Waals surface area contributed by atoms with Gasteiger partial charge < -0.3 is 0 Å². The van der Waals surface area contributed by atoms with Gasteiger partial charge in [0.25, 0.3) is 0 Å². The Bertz CT molecular complexity index is 784. The van der Waals surface area contributed by atoms with Crippen molar-refractivity contribution in [2.75, 3.05) is 26.2 Å². The average Bonchev–Trinajstić information content (AvgIpc) is 2.58. The normalized spacial score (nSPS) is 17.1. The Hall–Kier alpha value is -1.11. The van der Waals surface area contributed by atoms with Crippen LogP contribution in [0.3, 0.4) is 0 Å². The second-order valence-electron chi connectivity index (χ2n) is 5.76. The molecular formula is C17H18Cl2N2O2S. The third-order valence-electron chi connectivity index (χ3n) is 4.10. The SMILES string of the molecule is O=S(=O)(c1ccc(Cl)cc1)N1CCN(Cc2ccc(Cl)cc2)CC1. The van der Waals surface area contributed by atoms with Crippen LogP contribution >= 0.6 is 23.2 Å². The number of benzene rings is 2. The highest BCUT2D eigenvalue weighted by Gasteiger charge is 2.28. The van der Waals surface area contributed by atoms with Gasteiger partial charge in [-0.05, 0) is 42.0 Å². The zero-order valence-corrected chi connectivity index (χ0v) is 15.4. The van der Waals surface area contributed by atoms with Gasteiger partial charge in [0.2, 0.25) is 10.0 Å². The third-order valence-corrected chi connectivity index (χ3v) is 6.52. The van der Waals surface area contributed by atoms with Crippen molar-refractivity contribution in [3.63, 3.8) is 0 Å². The summed E-state index contributed by atoms with van der Waals surface area (Å²) in [7, 11) is -3.45. The Labute approximate surface area is 152 Å². The Morgan fingerprint density at radius 2 is 1.29 bits per heavy atom. The number of hydrogen-bond acceptors (Lipinski definition) is 3. The standard InChI is InChI=1S/C17H18Cl2N2O2S/c18-15-3-1-14(2-4-15)13-20-9-11-21(12-10-20)24(22,23)17-7-5-16(19)6-8-17/h1-8H,9-13H2. The summed E-state index contributed by atoms with van der Waals surface area (Å²) in [5, 5.41) is 1.25. The van der Waals surface area contributed by atoms with Gasteiger partial charge in [0.05, 0.1) is 4.90 Å². The van der Waals surface area contributed by atoms with E-state index in [9.17, 15) is 8.42 Å². The van der Waals surface area contributed by atoms with Gasteiger partial charge in [0, 0.05) is 42.8 Å². The van der Waals surface area contributed by atoms with Crippen molar-refractivity contribution in [1.82, 2.24) is 9.21 Å². The van der Waals surface area contributed by atoms with E-state index in [2.05, 4.69) is 4.90 Å². The molecule has 0 radical (unpaired) electrons. The number of rotatable bonds is 4. The van der Waals surface area contributed by atoms with Crippen molar-refractivity contribution in [1.29, 1.82) is 0 Å². The van der Waals surface area contributed by atoms with Crippen molar-refractivity contribution in [3.05, 3.63) is 64.1 Å². The van der Waals surface area contributed by atoms with E-state index in [1.165, 1.54) is 9.87 Å². The lowest BCUT2D eigenvalue weighted by Crippen LogP contribution is -2.48. The molecule has 24 heavy (non-hydrogen) atoms. The molecule has 0 saturated carbocycles. The molecule has 0 unspecified atom stereocenters. The van der Waals surface area contributed by atoms with E-state index in [1.54, 1.807) is 24.3 Å². The highest BCUT2D eigenvalue weighted by Crippen LogP contribution is 2.20. The second-order valence-corrected chi connectivity index (χ2v) is 8.57. The van der Waals surface area contributed by atoms with E-state index in [0.29, 0.717) is 31.2 Å². The van der Waals surface area contributed by atoms with Crippen LogP contribution in [0.2, 0.25) is 10.0 Å². The minimum Gasteiger partial charge on any atom is -0.296 e. The molecule has 0 amide bonds. The molecular weight excluding hydrogens is 367 g/mol. The Morgan fingerprint density at radius 3 is 1.83 bits per heavy atom. The molecule has 3 rings (SSSR count). The molecule has 128 valence electrons. The molecule has 1 saturated heterocycles. The van der Waals surface area contributed by atoms with Gasteiger partial charge in [-0.25, -0.2) is 8.42 Å². The lowest BCUT2D eigenvalue weighted by Gasteiger charge is -2.34. The summed E-state index contributed by atoms with van der Waals surface area (Å²) in [6.07, 6.45) is 0. The summed E-state index contributed by atoms with van der Waals surface area (Å²) < 4.78 is 26.8. The van der Waals surface area contributed by atoms with E-state index >= 15 is 0 Å². The number of hydrogen-bond donors (Lipinski definition) is 0. The number of sulfonamides is 1. The maximum absolute atomic E-state index is 12.7. The summed E-state index contributed by atoms with van der Waals surface area (Å²) in [5.41, 5.74) is 1.17. The molecule has 1 heterocycles. The topological polar surface area (TPSA) is 40.6 Å². The van der Waals surface area contributed by atoms with Crippen LogP contribution in [0.4, 0.5) is 0 Å². The first kappa shape index (κ1) is 17.7. The van der Waals surface area contributed by atoms with Crippen LogP contribution < -0.4 is 0 Å². The average molecular weight is 385 g/mol. The molecule has 1 aliphatic rings. The van der Waals surface area contributed by atoms with E-state index in [4.69, 9.17) is 23.2 Å². The van der Waals surface area contributed by atoms with Crippen LogP contribution in [-0.4, -0.2) is 43.8 Å². The van der Waals surface area contributed by atoms with E-state index in [-0.39, 0.29) is 4.90 Å². The van der Waals surface area contributed by atoms with Crippen LogP contribution in [0.1, 0.15) is 5.56 Å². The van der Waals surface area contributed by atoms with Gasteiger partial charge in [-0.1, -0.05) is 35.3 Å². The minimum absolute atomic E-state index is 0.290. The van der Waals surface area contributed by atoms with E-state index < -0.39 is 10.0 Å². The number of nitrogens with zero attached hydrogens (tertiary/aromatic N) is 2. The molecule has 4 nitrogen and oxygen atoms in total. The quantitative estimate of drug-likeness (QED) is 0.809. The molecule has 2 aromatic rings. The van der Waals surface area contributed by atoms with Gasteiger partial charge in [-0.2, -0.15) is 4.31 Å². The molecule has 1 fully saturated rings. The molecule has 7 heteroatoms. The molecule has 1 aliphatic heterocycles. The van der Waals surface area contributed by atoms with Crippen LogP contribution in [0.5, 0.6) is 0 Å². The van der Waals surface area contributed by atoms with Crippen LogP contribution in [0.15, 0.2) is 53.4 Å². The molecule has 0 bridgehead atoms. The molecule has 0 aromatic heterocycles. The molecule has 0 N–H and O–H groups in total. The predicted octanol–water partition coefficient (Wildman–Crippen LogP) is 3.50. The molecule has 0 spiro atoms. The number of halogens is 2. The first-order valence-corrected chi connectivity index (χ1v) is 9.87. The van der Waals surface area contributed by atoms with Gasteiger partial charge >= 0.3 is 0 Å². The van der Waals surface area contributed by atoms with E-state index in [0.717, 1.165) is 11.6 Å². The van der Waals surface area contributed by atoms with Crippen molar-refractivity contribution < 1.29 is 8.42 Å². The third kappa shape index (κ3) is 4.10. The fraction of sp³-hybridized carbons (Fsp3) is 0.294. The second kappa shape index (κ2) is 7.42. The first-order valence-electron chi connectivity index (χ1n) is 7.68. The van der Waals surface area contributed by atoms with Gasteiger partial charge in [-0.15, -0.1) is 0 Å². The van der Waals surface area contributed by atoms with Crippen LogP contribution in [-0.2, 0) is 16.6 Å². The highest BCUT2D eigenvalue weighted by atomic mass is 35.5. The van der Waals surface area contributed by atoms with E-state index in [1.807, 2.05) is 24.3 Å². The van der Waals surface area contributed by atoms with Crippen molar-refractivity contribution in [3.8, 4) is 0 Å². The Balaban J connectivity index is 1.62. The lowest BCUT2D eigenvalue weighted by atomic mass is 10.2. The van der Waals surface area contributed by atoms with Gasteiger partial charge in [-0.3, -0.25) is 4.90 Å². The summed E-state index contributed by atoms with van der Waals surface area (Å²) in [6, 6.07) is 14.1. The molecule has 2 aromatic carbocycles. The lowest BCUT2D eigenvalue weighted by molar-refractivity contribution is 0.181. The van der Waals surface area contributed by atoms with Crippen LogP contribution in [0.25, 0.3) is 0 Å². The summed E-state index contributed by atoms with van der Waals surface area (Å²) in [4.78, 5) is 2.54. The van der Waals surface area contributed by atoms with Crippen molar-refractivity contribution >= 4 is 33.2 Å². The molecule has 0 aliphatic carbocycles. The van der Waals surface area contributed by atoms with Crippen molar-refractivity contribution in [2.45, 2.75) is 11.4 Å². The molecule has 0 atom stereocenters. The summed E-state index contributed by atoms with van der Waals surface area (Å²) in [5.74, 6) is 0. The van der Waals surface area contributed by atoms with Crippen molar-refractivity contribution in [2.24, 2.45) is 0 Å². The Morgan fingerprint density at radius 1 is 0.792 bits per heavy atom. The summed E-state index contributed by atoms with van der Waals surface area (Å²) >= 11 is 11.7. The maximum Gasteiger partial charge on any atom is 0.243 e. The fourth-order valence-corrected chi connectivity index (χ4v) is 4.41. The minimum atomic E-state index is -3.45. The largest absolute Gasteiger partial charge is 0.296 e. The smallest absolute Gasteiger partial charge is 0.243 e. The zero-order valence-electron chi connectivity index (χ0n) is 13.0. The zero-order chi connectivity index (χ0) is 17.2. The monoisotopic (exact) mass is 384 g/mol. The fourth-order valence-electron chi connectivity index (χ4n) is 2.73. The maximum atomic E-state index is 12.7. The Kier molecular flexibility index (Phi) is 5.47. The first-order chi connectivity index (χ1) is 11.4. The van der Waals surface area contributed by atoms with Gasteiger partial charge in [0.15, 0.2) is 0 Å².